The third-order valence-corrected chi connectivity index (χ3v) is 4.65. The monoisotopic (exact) mass is 337 g/mol. The van der Waals surface area contributed by atoms with E-state index < -0.39 is 0 Å². The van der Waals surface area contributed by atoms with Crippen LogP contribution >= 0.6 is 11.3 Å². The highest BCUT2D eigenvalue weighted by Crippen LogP contribution is 2.26. The lowest BCUT2D eigenvalue weighted by molar-refractivity contribution is -0.120. The van der Waals surface area contributed by atoms with Gasteiger partial charge in [0, 0.05) is 36.3 Å². The van der Waals surface area contributed by atoms with Gasteiger partial charge in [0.1, 0.15) is 12.1 Å². The Morgan fingerprint density at radius 3 is 2.75 bits per heavy atom. The summed E-state index contributed by atoms with van der Waals surface area (Å²) in [5, 5.41) is 5.33. The van der Waals surface area contributed by atoms with Crippen LogP contribution in [0.25, 0.3) is 11.3 Å². The van der Waals surface area contributed by atoms with Crippen LogP contribution in [0, 0.1) is 5.92 Å². The lowest BCUT2D eigenvalue weighted by Gasteiger charge is -2.38. The van der Waals surface area contributed by atoms with Crippen LogP contribution in [0.15, 0.2) is 54.3 Å². The molecule has 1 fully saturated rings. The molecule has 3 aromatic rings. The van der Waals surface area contributed by atoms with E-state index in [1.54, 1.807) is 12.5 Å². The summed E-state index contributed by atoms with van der Waals surface area (Å²) in [5.74, 6) is 0.824. The first-order valence-corrected chi connectivity index (χ1v) is 8.50. The fourth-order valence-corrected chi connectivity index (χ4v) is 3.14. The van der Waals surface area contributed by atoms with Gasteiger partial charge in [-0.1, -0.05) is 30.3 Å². The number of carbonyl (C=O) groups excluding carboxylic acids is 1. The molecule has 1 aliphatic heterocycles. The van der Waals surface area contributed by atoms with Crippen molar-refractivity contribution in [3.05, 3.63) is 54.3 Å². The molecular formula is C17H15N5OS. The highest BCUT2D eigenvalue weighted by atomic mass is 32.1. The molecule has 6 nitrogen and oxygen atoms in total. The second-order valence-corrected chi connectivity index (χ2v) is 6.45. The SMILES string of the molecule is O=C(Nc1nccs1)C1CN(c2cc(-c3ccccc3)ncn2)C1. The molecule has 1 saturated heterocycles. The van der Waals surface area contributed by atoms with E-state index in [4.69, 9.17) is 0 Å². The molecular weight excluding hydrogens is 322 g/mol. The Hall–Kier alpha value is -2.80. The zero-order valence-corrected chi connectivity index (χ0v) is 13.6. The van der Waals surface area contributed by atoms with Gasteiger partial charge in [-0.2, -0.15) is 0 Å². The number of hydrogen-bond acceptors (Lipinski definition) is 6. The number of anilines is 2. The van der Waals surface area contributed by atoms with Gasteiger partial charge in [-0.25, -0.2) is 15.0 Å². The molecule has 0 radical (unpaired) electrons. The highest BCUT2D eigenvalue weighted by molar-refractivity contribution is 7.13. The minimum absolute atomic E-state index is 0.0125. The summed E-state index contributed by atoms with van der Waals surface area (Å²) in [6, 6.07) is 12.0. The number of carbonyl (C=O) groups is 1. The Morgan fingerprint density at radius 1 is 1.17 bits per heavy atom. The summed E-state index contributed by atoms with van der Waals surface area (Å²) >= 11 is 1.42. The predicted molar refractivity (Wildman–Crippen MR) is 93.9 cm³/mol. The number of nitrogens with one attached hydrogen (secondary N) is 1. The van der Waals surface area contributed by atoms with Crippen LogP contribution in [0.3, 0.4) is 0 Å². The molecule has 1 amide bonds. The molecule has 1 N–H and O–H groups in total. The fourth-order valence-electron chi connectivity index (χ4n) is 2.61. The van der Waals surface area contributed by atoms with Crippen LogP contribution in [0.5, 0.6) is 0 Å². The Labute approximate surface area is 143 Å². The highest BCUT2D eigenvalue weighted by Gasteiger charge is 2.34. The molecule has 2 aromatic heterocycles. The zero-order chi connectivity index (χ0) is 16.4. The van der Waals surface area contributed by atoms with Gasteiger partial charge >= 0.3 is 0 Å². The van der Waals surface area contributed by atoms with Crippen molar-refractivity contribution in [2.75, 3.05) is 23.3 Å². The van der Waals surface area contributed by atoms with Crippen molar-refractivity contribution >= 4 is 28.2 Å². The van der Waals surface area contributed by atoms with E-state index in [1.807, 2.05) is 41.8 Å². The summed E-state index contributed by atoms with van der Waals surface area (Å²) in [6.07, 6.45) is 3.25. The molecule has 120 valence electrons. The van der Waals surface area contributed by atoms with E-state index in [0.717, 1.165) is 17.1 Å². The molecule has 0 aliphatic carbocycles. The van der Waals surface area contributed by atoms with Crippen LogP contribution in [0.4, 0.5) is 10.9 Å². The Bertz CT molecular complexity index is 831. The third kappa shape index (κ3) is 2.98. The largest absolute Gasteiger partial charge is 0.355 e. The number of thiazole rings is 1. The number of aromatic nitrogens is 3. The topological polar surface area (TPSA) is 71.0 Å². The lowest BCUT2D eigenvalue weighted by Crippen LogP contribution is -2.52. The van der Waals surface area contributed by atoms with E-state index in [-0.39, 0.29) is 11.8 Å². The maximum Gasteiger partial charge on any atom is 0.232 e. The Morgan fingerprint density at radius 2 is 2.00 bits per heavy atom. The first-order chi connectivity index (χ1) is 11.8. The van der Waals surface area contributed by atoms with E-state index in [9.17, 15) is 4.79 Å². The van der Waals surface area contributed by atoms with E-state index >= 15 is 0 Å². The molecule has 4 rings (SSSR count). The van der Waals surface area contributed by atoms with Crippen molar-refractivity contribution in [1.82, 2.24) is 15.0 Å². The van der Waals surface area contributed by atoms with E-state index in [1.165, 1.54) is 11.3 Å². The molecule has 0 unspecified atom stereocenters. The van der Waals surface area contributed by atoms with Crippen molar-refractivity contribution in [3.8, 4) is 11.3 Å². The van der Waals surface area contributed by atoms with Crippen LogP contribution < -0.4 is 10.2 Å². The van der Waals surface area contributed by atoms with Crippen molar-refractivity contribution < 1.29 is 4.79 Å². The normalized spacial score (nSPS) is 14.2. The second kappa shape index (κ2) is 6.37. The first kappa shape index (κ1) is 14.8. The number of nitrogens with zero attached hydrogens (tertiary/aromatic N) is 4. The smallest absolute Gasteiger partial charge is 0.232 e. The number of hydrogen-bond donors (Lipinski definition) is 1. The molecule has 1 aromatic carbocycles. The average Bonchev–Trinajstić information content (AvgIpc) is 3.07. The van der Waals surface area contributed by atoms with Gasteiger partial charge in [-0.3, -0.25) is 4.79 Å². The molecule has 0 saturated carbocycles. The number of rotatable bonds is 4. The van der Waals surface area contributed by atoms with Gasteiger partial charge in [0.05, 0.1) is 11.6 Å². The van der Waals surface area contributed by atoms with Gasteiger partial charge in [0.2, 0.25) is 5.91 Å². The minimum atomic E-state index is -0.0379. The van der Waals surface area contributed by atoms with Crippen molar-refractivity contribution in [3.63, 3.8) is 0 Å². The standard InChI is InChI=1S/C17H15N5OS/c23-16(21-17-18-6-7-24-17)13-9-22(10-13)15-8-14(19-11-20-15)12-4-2-1-3-5-12/h1-8,11,13H,9-10H2,(H,18,21,23). The Kier molecular flexibility index (Phi) is 3.92. The average molecular weight is 337 g/mol. The molecule has 0 bridgehead atoms. The second-order valence-electron chi connectivity index (χ2n) is 5.56. The summed E-state index contributed by atoms with van der Waals surface area (Å²) in [6.45, 7) is 1.31. The molecule has 7 heteroatoms. The van der Waals surface area contributed by atoms with Crippen LogP contribution in [-0.2, 0) is 4.79 Å². The fraction of sp³-hybridized carbons (Fsp3) is 0.176. The van der Waals surface area contributed by atoms with Gasteiger partial charge in [-0.15, -0.1) is 11.3 Å². The maximum absolute atomic E-state index is 12.2. The first-order valence-electron chi connectivity index (χ1n) is 7.62. The summed E-state index contributed by atoms with van der Waals surface area (Å²) < 4.78 is 0. The van der Waals surface area contributed by atoms with Crippen LogP contribution in [0.2, 0.25) is 0 Å². The van der Waals surface area contributed by atoms with Crippen LogP contribution in [-0.4, -0.2) is 33.9 Å². The van der Waals surface area contributed by atoms with E-state index in [0.29, 0.717) is 18.2 Å². The molecule has 1 aliphatic rings. The predicted octanol–water partition coefficient (Wildman–Crippen LogP) is 2.68. The van der Waals surface area contributed by atoms with E-state index in [2.05, 4.69) is 25.2 Å². The van der Waals surface area contributed by atoms with Crippen molar-refractivity contribution in [2.24, 2.45) is 5.92 Å². The third-order valence-electron chi connectivity index (χ3n) is 3.96. The Balaban J connectivity index is 1.41. The van der Waals surface area contributed by atoms with Gasteiger partial charge in [0.25, 0.3) is 0 Å². The number of amides is 1. The zero-order valence-electron chi connectivity index (χ0n) is 12.8. The van der Waals surface area contributed by atoms with Crippen molar-refractivity contribution in [1.29, 1.82) is 0 Å². The molecule has 3 heterocycles. The molecule has 0 atom stereocenters. The summed E-state index contributed by atoms with van der Waals surface area (Å²) in [4.78, 5) is 27.0. The van der Waals surface area contributed by atoms with Gasteiger partial charge in [0.15, 0.2) is 5.13 Å². The van der Waals surface area contributed by atoms with Gasteiger partial charge < -0.3 is 10.2 Å². The molecule has 0 spiro atoms. The summed E-state index contributed by atoms with van der Waals surface area (Å²) in [5.41, 5.74) is 1.94. The maximum atomic E-state index is 12.2. The lowest BCUT2D eigenvalue weighted by atomic mass is 9.99. The van der Waals surface area contributed by atoms with Crippen LogP contribution in [0.1, 0.15) is 0 Å². The van der Waals surface area contributed by atoms with Gasteiger partial charge in [-0.05, 0) is 0 Å². The minimum Gasteiger partial charge on any atom is -0.355 e. The van der Waals surface area contributed by atoms with Crippen molar-refractivity contribution in [2.45, 2.75) is 0 Å². The number of benzene rings is 1. The summed E-state index contributed by atoms with van der Waals surface area (Å²) in [7, 11) is 0. The molecule has 24 heavy (non-hydrogen) atoms. The quantitative estimate of drug-likeness (QED) is 0.792.